The lowest BCUT2D eigenvalue weighted by molar-refractivity contribution is -0.193. The van der Waals surface area contributed by atoms with Crippen LogP contribution in [-0.2, 0) is 19.2 Å². The quantitative estimate of drug-likeness (QED) is 0.511. The van der Waals surface area contributed by atoms with Gasteiger partial charge in [-0.25, -0.2) is 4.84 Å². The molecule has 1 aliphatic rings. The van der Waals surface area contributed by atoms with Crippen LogP contribution in [0.15, 0.2) is 10.3 Å². The molecule has 0 saturated heterocycles. The topological polar surface area (TPSA) is 88.4 Å². The van der Waals surface area contributed by atoms with E-state index in [0.717, 1.165) is 0 Å². The smallest absolute Gasteiger partial charge is 0.277 e. The number of ketones is 1. The van der Waals surface area contributed by atoms with E-state index in [-0.39, 0.29) is 6.61 Å². The van der Waals surface area contributed by atoms with Crippen LogP contribution in [0.1, 0.15) is 6.92 Å². The number of hydrogen-bond acceptors (Lipinski definition) is 5. The molecular weight excluding hydrogens is 166 g/mol. The van der Waals surface area contributed by atoms with E-state index in [2.05, 4.69) is 15.2 Å². The maximum Gasteiger partial charge on any atom is 0.346 e. The van der Waals surface area contributed by atoms with Gasteiger partial charge in [-0.3, -0.25) is 14.4 Å². The highest BCUT2D eigenvalue weighted by atomic mass is 16.7. The van der Waals surface area contributed by atoms with Crippen LogP contribution in [0.5, 0.6) is 0 Å². The largest absolute Gasteiger partial charge is 0.346 e. The fraction of sp³-hybridized carbons (Fsp3) is 0.400. The Bertz CT molecular complexity index is 272. The van der Waals surface area contributed by atoms with Crippen LogP contribution >= 0.6 is 0 Å². The predicted molar refractivity (Wildman–Crippen MR) is 33.3 cm³/mol. The van der Waals surface area contributed by atoms with Gasteiger partial charge in [0.15, 0.2) is 0 Å². The molecule has 0 atom stereocenters. The minimum atomic E-state index is -1.24. The van der Waals surface area contributed by atoms with Gasteiger partial charge in [0.2, 0.25) is 0 Å². The van der Waals surface area contributed by atoms with Crippen molar-refractivity contribution in [1.29, 1.82) is 0 Å². The Balaban J connectivity index is 2.81. The van der Waals surface area contributed by atoms with E-state index in [4.69, 9.17) is 0 Å². The molecule has 0 saturated carbocycles. The number of rotatable bonds is 2. The van der Waals surface area contributed by atoms with Crippen LogP contribution in [0.25, 0.3) is 0 Å². The van der Waals surface area contributed by atoms with Gasteiger partial charge >= 0.3 is 17.6 Å². The van der Waals surface area contributed by atoms with Crippen LogP contribution in [0.4, 0.5) is 0 Å². The molecule has 0 aliphatic carbocycles. The molecule has 64 valence electrons. The summed E-state index contributed by atoms with van der Waals surface area (Å²) in [7, 11) is 0. The third-order valence-electron chi connectivity index (χ3n) is 1.03. The fourth-order valence-electron chi connectivity index (χ4n) is 0.552. The molecule has 1 aliphatic heterocycles. The van der Waals surface area contributed by atoms with E-state index in [9.17, 15) is 14.4 Å². The Morgan fingerprint density at radius 1 is 1.42 bits per heavy atom. The highest BCUT2D eigenvalue weighted by Gasteiger charge is 2.33. The number of hydrogen-bond donors (Lipinski definition) is 0. The van der Waals surface area contributed by atoms with Gasteiger partial charge in [0, 0.05) is 0 Å². The van der Waals surface area contributed by atoms with Crippen molar-refractivity contribution in [2.24, 2.45) is 10.3 Å². The monoisotopic (exact) mass is 171 g/mol. The third kappa shape index (κ3) is 1.35. The first kappa shape index (κ1) is 8.47. The molecule has 7 nitrogen and oxygen atoms in total. The van der Waals surface area contributed by atoms with Gasteiger partial charge in [0.25, 0.3) is 0 Å². The van der Waals surface area contributed by atoms with Crippen molar-refractivity contribution < 1.29 is 19.2 Å². The Morgan fingerprint density at radius 2 is 2.08 bits per heavy atom. The number of hydroxylamine groups is 1. The Labute approximate surface area is 66.9 Å². The first-order chi connectivity index (χ1) is 5.66. The van der Waals surface area contributed by atoms with Gasteiger partial charge in [-0.1, -0.05) is 10.3 Å². The molecule has 0 bridgehead atoms. The van der Waals surface area contributed by atoms with Crippen LogP contribution in [-0.4, -0.2) is 29.4 Å². The van der Waals surface area contributed by atoms with Crippen molar-refractivity contribution >= 4 is 17.6 Å². The first-order valence-electron chi connectivity index (χ1n) is 3.14. The molecule has 0 unspecified atom stereocenters. The average molecular weight is 171 g/mol. The summed E-state index contributed by atoms with van der Waals surface area (Å²) in [4.78, 5) is 36.4. The molecule has 1 rings (SSSR count). The minimum absolute atomic E-state index is 0.159. The van der Waals surface area contributed by atoms with Crippen molar-refractivity contribution in [1.82, 2.24) is 5.17 Å². The van der Waals surface area contributed by atoms with Gasteiger partial charge < -0.3 is 0 Å². The Morgan fingerprint density at radius 3 is 2.67 bits per heavy atom. The molecule has 12 heavy (non-hydrogen) atoms. The zero-order chi connectivity index (χ0) is 9.14. The van der Waals surface area contributed by atoms with Crippen LogP contribution in [0, 0.1) is 0 Å². The highest BCUT2D eigenvalue weighted by Crippen LogP contribution is 2.02. The third-order valence-corrected chi connectivity index (χ3v) is 1.03. The first-order valence-corrected chi connectivity index (χ1v) is 3.14. The molecule has 2 amide bonds. The second-order valence-electron chi connectivity index (χ2n) is 1.82. The van der Waals surface area contributed by atoms with E-state index in [1.807, 2.05) is 0 Å². The molecule has 0 radical (unpaired) electrons. The van der Waals surface area contributed by atoms with Crippen molar-refractivity contribution in [2.45, 2.75) is 6.92 Å². The van der Waals surface area contributed by atoms with Crippen LogP contribution < -0.4 is 0 Å². The molecule has 0 fully saturated rings. The molecule has 0 spiro atoms. The number of amides is 2. The van der Waals surface area contributed by atoms with E-state index in [1.165, 1.54) is 0 Å². The van der Waals surface area contributed by atoms with Crippen molar-refractivity contribution in [3.05, 3.63) is 0 Å². The van der Waals surface area contributed by atoms with Crippen molar-refractivity contribution in [2.75, 3.05) is 6.61 Å². The van der Waals surface area contributed by atoms with E-state index < -0.39 is 17.6 Å². The maximum atomic E-state index is 10.8. The second-order valence-corrected chi connectivity index (χ2v) is 1.82. The summed E-state index contributed by atoms with van der Waals surface area (Å²) in [6, 6.07) is 0. The Hall–Kier alpha value is -1.63. The SMILES string of the molecule is CCON1N=NC(=O)C(=O)C1=O. The molecule has 0 aromatic carbocycles. The zero-order valence-corrected chi connectivity index (χ0v) is 6.18. The summed E-state index contributed by atoms with van der Waals surface area (Å²) < 4.78 is 0. The summed E-state index contributed by atoms with van der Waals surface area (Å²) in [5, 5.41) is 6.32. The van der Waals surface area contributed by atoms with Gasteiger partial charge in [0.05, 0.1) is 6.61 Å². The lowest BCUT2D eigenvalue weighted by Crippen LogP contribution is -2.39. The number of nitrogens with zero attached hydrogens (tertiary/aromatic N) is 3. The standard InChI is InChI=1S/C5H5N3O4/c1-2-12-8-5(11)3(9)4(10)6-7-8/h2H2,1H3. The van der Waals surface area contributed by atoms with E-state index in [1.54, 1.807) is 6.92 Å². The summed E-state index contributed by atoms with van der Waals surface area (Å²) >= 11 is 0. The Kier molecular flexibility index (Phi) is 2.24. The molecule has 0 N–H and O–H groups in total. The number of carbonyl (C=O) groups is 3. The highest BCUT2D eigenvalue weighted by molar-refractivity contribution is 6.63. The van der Waals surface area contributed by atoms with Gasteiger partial charge in [0.1, 0.15) is 0 Å². The van der Waals surface area contributed by atoms with Gasteiger partial charge in [-0.15, -0.1) is 0 Å². The predicted octanol–water partition coefficient (Wildman–Crippen LogP) is -0.757. The molecule has 0 aromatic rings. The summed E-state index contributed by atoms with van der Waals surface area (Å²) in [5.74, 6) is -3.52. The van der Waals surface area contributed by atoms with Crippen molar-refractivity contribution in [3.8, 4) is 0 Å². The van der Waals surface area contributed by atoms with Crippen LogP contribution in [0.2, 0.25) is 0 Å². The minimum Gasteiger partial charge on any atom is -0.277 e. The molecule has 7 heteroatoms. The van der Waals surface area contributed by atoms with Crippen molar-refractivity contribution in [3.63, 3.8) is 0 Å². The lowest BCUT2D eigenvalue weighted by atomic mass is 10.3. The normalized spacial score (nSPS) is 17.4. The molecule has 1 heterocycles. The average Bonchev–Trinajstić information content (AvgIpc) is 2.07. The van der Waals surface area contributed by atoms with Gasteiger partial charge in [-0.2, -0.15) is 0 Å². The number of carbonyl (C=O) groups excluding carboxylic acids is 3. The summed E-state index contributed by atoms with van der Waals surface area (Å²) in [6.45, 7) is 1.76. The molecular formula is C5H5N3O4. The van der Waals surface area contributed by atoms with E-state index >= 15 is 0 Å². The lowest BCUT2D eigenvalue weighted by Gasteiger charge is -2.13. The van der Waals surface area contributed by atoms with Crippen LogP contribution in [0.3, 0.4) is 0 Å². The zero-order valence-electron chi connectivity index (χ0n) is 6.18. The summed E-state index contributed by atoms with van der Waals surface area (Å²) in [5.41, 5.74) is 0. The fourth-order valence-corrected chi connectivity index (χ4v) is 0.552. The molecule has 0 aromatic heterocycles. The second kappa shape index (κ2) is 3.18. The van der Waals surface area contributed by atoms with Gasteiger partial charge in [-0.05, 0) is 12.1 Å². The maximum absolute atomic E-state index is 10.8. The van der Waals surface area contributed by atoms with E-state index in [0.29, 0.717) is 5.17 Å². The number of Topliss-reactive ketones (excluding diaryl/α,β-unsaturated/α-hetero) is 1. The summed E-state index contributed by atoms with van der Waals surface area (Å²) in [6.07, 6.45) is 0.